The Balaban J connectivity index is 2.06. The number of fused-ring (bicyclic) bond motifs is 1. The van der Waals surface area contributed by atoms with Crippen molar-refractivity contribution in [3.05, 3.63) is 70.3 Å². The molecule has 0 spiro atoms. The summed E-state index contributed by atoms with van der Waals surface area (Å²) in [5, 5.41) is 15.1. The van der Waals surface area contributed by atoms with Crippen molar-refractivity contribution < 1.29 is 4.92 Å². The highest BCUT2D eigenvalue weighted by atomic mass is 16.6. The Morgan fingerprint density at radius 1 is 1.09 bits per heavy atom. The number of anilines is 2. The molecule has 1 heterocycles. The number of pyridine rings is 1. The predicted octanol–water partition coefficient (Wildman–Crippen LogP) is 3.34. The number of rotatable bonds is 4. The SMILES string of the molecule is Nc1c([N+](=O)[O-])nc2ccccc2c1NCc1ccccc1. The number of nitro groups is 1. The molecule has 0 saturated heterocycles. The molecule has 22 heavy (non-hydrogen) atoms. The van der Waals surface area contributed by atoms with Crippen molar-refractivity contribution in [1.82, 2.24) is 4.98 Å². The van der Waals surface area contributed by atoms with Gasteiger partial charge in [-0.25, -0.2) is 0 Å². The summed E-state index contributed by atoms with van der Waals surface area (Å²) in [6.07, 6.45) is 0. The first-order chi connectivity index (χ1) is 10.7. The molecule has 110 valence electrons. The van der Waals surface area contributed by atoms with Crippen LogP contribution in [0.2, 0.25) is 0 Å². The van der Waals surface area contributed by atoms with Crippen LogP contribution in [0, 0.1) is 10.1 Å². The average molecular weight is 294 g/mol. The van der Waals surface area contributed by atoms with Crippen molar-refractivity contribution in [3.63, 3.8) is 0 Å². The van der Waals surface area contributed by atoms with Crippen LogP contribution in [0.5, 0.6) is 0 Å². The molecule has 3 aromatic rings. The normalized spacial score (nSPS) is 10.5. The summed E-state index contributed by atoms with van der Waals surface area (Å²) in [5.74, 6) is -0.325. The molecule has 0 unspecified atom stereocenters. The fourth-order valence-electron chi connectivity index (χ4n) is 2.33. The fraction of sp³-hybridized carbons (Fsp3) is 0.0625. The van der Waals surface area contributed by atoms with E-state index in [1.165, 1.54) is 0 Å². The molecule has 0 radical (unpaired) electrons. The van der Waals surface area contributed by atoms with Crippen LogP contribution < -0.4 is 11.1 Å². The molecule has 1 aromatic heterocycles. The van der Waals surface area contributed by atoms with Crippen molar-refractivity contribution in [2.45, 2.75) is 6.54 Å². The zero-order chi connectivity index (χ0) is 15.5. The maximum Gasteiger partial charge on any atom is 0.389 e. The highest BCUT2D eigenvalue weighted by molar-refractivity contribution is 5.99. The maximum absolute atomic E-state index is 11.1. The second-order valence-corrected chi connectivity index (χ2v) is 4.84. The van der Waals surface area contributed by atoms with Crippen LogP contribution in [-0.2, 0) is 6.54 Å². The monoisotopic (exact) mass is 294 g/mol. The standard InChI is InChI=1S/C16H14N4O2/c17-14-15(18-10-11-6-2-1-3-7-11)12-8-4-5-9-13(12)19-16(14)20(21)22/h1-9H,10,17H2,(H,18,19). The van der Waals surface area contributed by atoms with Gasteiger partial charge in [0.25, 0.3) is 0 Å². The highest BCUT2D eigenvalue weighted by Gasteiger charge is 2.21. The van der Waals surface area contributed by atoms with Crippen molar-refractivity contribution >= 4 is 28.1 Å². The first-order valence-corrected chi connectivity index (χ1v) is 6.77. The van der Waals surface area contributed by atoms with Gasteiger partial charge in [0, 0.05) is 6.54 Å². The lowest BCUT2D eigenvalue weighted by Crippen LogP contribution is -2.07. The minimum absolute atomic E-state index is 0.0552. The highest BCUT2D eigenvalue weighted by Crippen LogP contribution is 2.34. The van der Waals surface area contributed by atoms with E-state index in [0.29, 0.717) is 17.7 Å². The third-order valence-electron chi connectivity index (χ3n) is 3.40. The zero-order valence-corrected chi connectivity index (χ0v) is 11.7. The lowest BCUT2D eigenvalue weighted by Gasteiger charge is -2.11. The van der Waals surface area contributed by atoms with E-state index in [2.05, 4.69) is 10.3 Å². The van der Waals surface area contributed by atoms with E-state index in [4.69, 9.17) is 5.73 Å². The Morgan fingerprint density at radius 2 is 1.77 bits per heavy atom. The molecule has 3 rings (SSSR count). The van der Waals surface area contributed by atoms with Crippen LogP contribution in [0.1, 0.15) is 5.56 Å². The van der Waals surface area contributed by atoms with Gasteiger partial charge in [-0.2, -0.15) is 0 Å². The van der Waals surface area contributed by atoms with Gasteiger partial charge in [-0.1, -0.05) is 42.5 Å². The molecule has 0 bridgehead atoms. The number of nitrogen functional groups attached to an aromatic ring is 1. The van der Waals surface area contributed by atoms with Gasteiger partial charge in [0.15, 0.2) is 11.2 Å². The molecule has 0 aliphatic rings. The Kier molecular flexibility index (Phi) is 3.57. The van der Waals surface area contributed by atoms with E-state index in [-0.39, 0.29) is 11.5 Å². The summed E-state index contributed by atoms with van der Waals surface area (Å²) in [6, 6.07) is 17.0. The summed E-state index contributed by atoms with van der Waals surface area (Å²) < 4.78 is 0. The number of nitrogens with one attached hydrogen (secondary N) is 1. The molecular formula is C16H14N4O2. The predicted molar refractivity (Wildman–Crippen MR) is 86.6 cm³/mol. The topological polar surface area (TPSA) is 94.1 Å². The van der Waals surface area contributed by atoms with Gasteiger partial charge in [0.05, 0.1) is 11.1 Å². The van der Waals surface area contributed by atoms with E-state index in [1.54, 1.807) is 12.1 Å². The molecular weight excluding hydrogens is 280 g/mol. The number of nitrogens with zero attached hydrogens (tertiary/aromatic N) is 2. The first-order valence-electron chi connectivity index (χ1n) is 6.77. The van der Waals surface area contributed by atoms with Crippen molar-refractivity contribution in [2.24, 2.45) is 0 Å². The molecule has 0 fully saturated rings. The summed E-state index contributed by atoms with van der Waals surface area (Å²) >= 11 is 0. The van der Waals surface area contributed by atoms with Gasteiger partial charge < -0.3 is 21.2 Å². The Hall–Kier alpha value is -3.15. The van der Waals surface area contributed by atoms with Gasteiger partial charge in [-0.3, -0.25) is 0 Å². The fourth-order valence-corrected chi connectivity index (χ4v) is 2.33. The second kappa shape index (κ2) is 5.69. The molecule has 3 N–H and O–H groups in total. The molecule has 6 nitrogen and oxygen atoms in total. The van der Waals surface area contributed by atoms with E-state index in [9.17, 15) is 10.1 Å². The quantitative estimate of drug-likeness (QED) is 0.568. The van der Waals surface area contributed by atoms with Gasteiger partial charge in [0.2, 0.25) is 0 Å². The number of benzene rings is 2. The summed E-state index contributed by atoms with van der Waals surface area (Å²) in [6.45, 7) is 0.524. The van der Waals surface area contributed by atoms with Crippen molar-refractivity contribution in [2.75, 3.05) is 11.1 Å². The second-order valence-electron chi connectivity index (χ2n) is 4.84. The average Bonchev–Trinajstić information content (AvgIpc) is 2.54. The zero-order valence-electron chi connectivity index (χ0n) is 11.7. The van der Waals surface area contributed by atoms with E-state index in [0.717, 1.165) is 10.9 Å². The van der Waals surface area contributed by atoms with E-state index >= 15 is 0 Å². The molecule has 2 aromatic carbocycles. The van der Waals surface area contributed by atoms with E-state index < -0.39 is 4.92 Å². The van der Waals surface area contributed by atoms with Crippen LogP contribution in [0.3, 0.4) is 0 Å². The van der Waals surface area contributed by atoms with Gasteiger partial charge in [-0.15, -0.1) is 0 Å². The van der Waals surface area contributed by atoms with Gasteiger partial charge in [0.1, 0.15) is 0 Å². The number of hydrogen-bond donors (Lipinski definition) is 2. The van der Waals surface area contributed by atoms with Crippen LogP contribution in [0.4, 0.5) is 17.2 Å². The largest absolute Gasteiger partial charge is 0.390 e. The van der Waals surface area contributed by atoms with Crippen LogP contribution in [-0.4, -0.2) is 9.91 Å². The third-order valence-corrected chi connectivity index (χ3v) is 3.40. The molecule has 0 saturated carbocycles. The van der Waals surface area contributed by atoms with Gasteiger partial charge in [-0.05, 0) is 27.6 Å². The number of aromatic nitrogens is 1. The minimum Gasteiger partial charge on any atom is -0.390 e. The summed E-state index contributed by atoms with van der Waals surface area (Å²) in [5.41, 5.74) is 8.15. The first kappa shape index (κ1) is 13.8. The lowest BCUT2D eigenvalue weighted by atomic mass is 10.1. The molecule has 0 aliphatic carbocycles. The minimum atomic E-state index is -0.560. The van der Waals surface area contributed by atoms with Crippen LogP contribution in [0.25, 0.3) is 10.9 Å². The van der Waals surface area contributed by atoms with Crippen LogP contribution in [0.15, 0.2) is 54.6 Å². The molecule has 0 amide bonds. The third kappa shape index (κ3) is 2.54. The Labute approximate surface area is 126 Å². The van der Waals surface area contributed by atoms with Gasteiger partial charge >= 0.3 is 5.82 Å². The van der Waals surface area contributed by atoms with Crippen molar-refractivity contribution in [3.8, 4) is 0 Å². The molecule has 6 heteroatoms. The number of para-hydroxylation sites is 1. The van der Waals surface area contributed by atoms with Crippen LogP contribution >= 0.6 is 0 Å². The molecule has 0 atom stereocenters. The maximum atomic E-state index is 11.1. The van der Waals surface area contributed by atoms with E-state index in [1.807, 2.05) is 42.5 Å². The lowest BCUT2D eigenvalue weighted by molar-refractivity contribution is -0.388. The molecule has 0 aliphatic heterocycles. The number of nitrogens with two attached hydrogens (primary N) is 1. The smallest absolute Gasteiger partial charge is 0.389 e. The number of hydrogen-bond acceptors (Lipinski definition) is 5. The Bertz CT molecular complexity index is 834. The Morgan fingerprint density at radius 3 is 2.50 bits per heavy atom. The summed E-state index contributed by atoms with van der Waals surface area (Å²) in [4.78, 5) is 14.6. The summed E-state index contributed by atoms with van der Waals surface area (Å²) in [7, 11) is 0. The van der Waals surface area contributed by atoms with Crippen molar-refractivity contribution in [1.29, 1.82) is 0 Å².